The van der Waals surface area contributed by atoms with Gasteiger partial charge in [0.25, 0.3) is 0 Å². The van der Waals surface area contributed by atoms with E-state index in [9.17, 15) is 0 Å². The van der Waals surface area contributed by atoms with Crippen LogP contribution in [0.5, 0.6) is 0 Å². The van der Waals surface area contributed by atoms with E-state index in [1.165, 1.54) is 12.8 Å². The van der Waals surface area contributed by atoms with Gasteiger partial charge >= 0.3 is 0 Å². The first-order valence-electron chi connectivity index (χ1n) is 7.58. The van der Waals surface area contributed by atoms with E-state index in [2.05, 4.69) is 65.7 Å². The van der Waals surface area contributed by atoms with Gasteiger partial charge in [-0.3, -0.25) is 0 Å². The van der Waals surface area contributed by atoms with Crippen LogP contribution in [0, 0.1) is 11.3 Å². The van der Waals surface area contributed by atoms with Crippen molar-refractivity contribution in [2.45, 2.75) is 73.4 Å². The zero-order chi connectivity index (χ0) is 14.3. The van der Waals surface area contributed by atoms with E-state index in [0.29, 0.717) is 17.5 Å². The Labute approximate surface area is 116 Å². The maximum atomic E-state index is 3.63. The molecule has 0 aliphatic rings. The highest BCUT2D eigenvalue weighted by atomic mass is 15.1. The number of likely N-dealkylation sites (N-methyl/N-ethyl adjacent to an activating group) is 1. The van der Waals surface area contributed by atoms with Crippen molar-refractivity contribution in [1.29, 1.82) is 0 Å². The van der Waals surface area contributed by atoms with E-state index >= 15 is 0 Å². The zero-order valence-electron chi connectivity index (χ0n) is 14.0. The van der Waals surface area contributed by atoms with Crippen LogP contribution in [0.1, 0.15) is 61.3 Å². The molecule has 0 saturated heterocycles. The molecule has 0 heterocycles. The lowest BCUT2D eigenvalue weighted by atomic mass is 9.87. The molecule has 0 rings (SSSR count). The monoisotopic (exact) mass is 256 g/mol. The number of hydrogen-bond donors (Lipinski definition) is 1. The molecule has 0 aliphatic carbocycles. The molecule has 0 amide bonds. The molecule has 18 heavy (non-hydrogen) atoms. The number of rotatable bonds is 8. The molecule has 2 unspecified atom stereocenters. The van der Waals surface area contributed by atoms with E-state index in [1.54, 1.807) is 0 Å². The third kappa shape index (κ3) is 8.10. The summed E-state index contributed by atoms with van der Waals surface area (Å²) < 4.78 is 0. The summed E-state index contributed by atoms with van der Waals surface area (Å²) in [5, 5.41) is 3.63. The fraction of sp³-hybridized carbons (Fsp3) is 1.00. The number of nitrogens with zero attached hydrogens (tertiary/aromatic N) is 1. The van der Waals surface area contributed by atoms with Gasteiger partial charge in [-0.05, 0) is 45.1 Å². The van der Waals surface area contributed by atoms with Crippen molar-refractivity contribution in [2.75, 3.05) is 20.1 Å². The van der Waals surface area contributed by atoms with Crippen LogP contribution in [-0.2, 0) is 0 Å². The first-order valence-corrected chi connectivity index (χ1v) is 7.58. The van der Waals surface area contributed by atoms with Crippen LogP contribution in [0.25, 0.3) is 0 Å². The van der Waals surface area contributed by atoms with Crippen LogP contribution >= 0.6 is 0 Å². The van der Waals surface area contributed by atoms with Gasteiger partial charge in [-0.1, -0.05) is 34.6 Å². The van der Waals surface area contributed by atoms with Crippen molar-refractivity contribution in [1.82, 2.24) is 10.2 Å². The van der Waals surface area contributed by atoms with Crippen LogP contribution in [-0.4, -0.2) is 37.1 Å². The predicted molar refractivity (Wildman–Crippen MR) is 83.1 cm³/mol. The van der Waals surface area contributed by atoms with Crippen molar-refractivity contribution < 1.29 is 0 Å². The highest BCUT2D eigenvalue weighted by Gasteiger charge is 2.23. The Hall–Kier alpha value is -0.0800. The number of hydrogen-bond acceptors (Lipinski definition) is 2. The largest absolute Gasteiger partial charge is 0.313 e. The van der Waals surface area contributed by atoms with E-state index < -0.39 is 0 Å². The molecule has 0 saturated carbocycles. The van der Waals surface area contributed by atoms with Gasteiger partial charge in [0.1, 0.15) is 0 Å². The Morgan fingerprint density at radius 1 is 1.00 bits per heavy atom. The van der Waals surface area contributed by atoms with E-state index in [-0.39, 0.29) is 0 Å². The van der Waals surface area contributed by atoms with Gasteiger partial charge in [-0.15, -0.1) is 0 Å². The van der Waals surface area contributed by atoms with Gasteiger partial charge in [-0.25, -0.2) is 0 Å². The fourth-order valence-electron chi connectivity index (χ4n) is 2.03. The van der Waals surface area contributed by atoms with Crippen LogP contribution in [0.2, 0.25) is 0 Å². The summed E-state index contributed by atoms with van der Waals surface area (Å²) in [5.41, 5.74) is 0.359. The Bertz CT molecular complexity index is 206. The average molecular weight is 256 g/mol. The standard InChI is InChI=1S/C16H36N2/c1-13(2)9-10-14(3)17-11-12-18(8)15(4)16(5,6)7/h13-15,17H,9-12H2,1-8H3. The second-order valence-corrected chi connectivity index (χ2v) is 7.35. The summed E-state index contributed by atoms with van der Waals surface area (Å²) in [6, 6.07) is 1.26. The number of nitrogens with one attached hydrogen (secondary N) is 1. The average Bonchev–Trinajstić information content (AvgIpc) is 2.23. The zero-order valence-corrected chi connectivity index (χ0v) is 14.0. The molecular weight excluding hydrogens is 220 g/mol. The van der Waals surface area contributed by atoms with Crippen molar-refractivity contribution in [3.05, 3.63) is 0 Å². The minimum absolute atomic E-state index is 0.359. The molecule has 2 nitrogen and oxygen atoms in total. The Kier molecular flexibility index (Phi) is 8.13. The van der Waals surface area contributed by atoms with Gasteiger partial charge < -0.3 is 10.2 Å². The minimum atomic E-state index is 0.359. The normalized spacial score (nSPS) is 16.3. The smallest absolute Gasteiger partial charge is 0.0113 e. The van der Waals surface area contributed by atoms with Gasteiger partial charge in [0.2, 0.25) is 0 Å². The molecule has 0 radical (unpaired) electrons. The van der Waals surface area contributed by atoms with Gasteiger partial charge in [0.05, 0.1) is 0 Å². The molecule has 0 spiro atoms. The second-order valence-electron chi connectivity index (χ2n) is 7.35. The third-order valence-corrected chi connectivity index (χ3v) is 4.05. The summed E-state index contributed by atoms with van der Waals surface area (Å²) in [7, 11) is 2.23. The molecule has 1 N–H and O–H groups in total. The molecule has 0 fully saturated rings. The molecule has 0 aromatic heterocycles. The van der Waals surface area contributed by atoms with E-state index in [1.807, 2.05) is 0 Å². The van der Waals surface area contributed by atoms with Gasteiger partial charge in [-0.2, -0.15) is 0 Å². The lowest BCUT2D eigenvalue weighted by molar-refractivity contribution is 0.141. The molecule has 2 heteroatoms. The maximum absolute atomic E-state index is 3.63. The van der Waals surface area contributed by atoms with Gasteiger partial charge in [0, 0.05) is 25.2 Å². The molecule has 0 bridgehead atoms. The molecule has 110 valence electrons. The molecule has 0 aromatic carbocycles. The summed E-state index contributed by atoms with van der Waals surface area (Å²) in [4.78, 5) is 2.46. The topological polar surface area (TPSA) is 15.3 Å². The maximum Gasteiger partial charge on any atom is 0.0113 e. The fourth-order valence-corrected chi connectivity index (χ4v) is 2.03. The lowest BCUT2D eigenvalue weighted by Crippen LogP contribution is -2.43. The Morgan fingerprint density at radius 2 is 1.56 bits per heavy atom. The van der Waals surface area contributed by atoms with Crippen LogP contribution in [0.3, 0.4) is 0 Å². The quantitative estimate of drug-likeness (QED) is 0.711. The van der Waals surface area contributed by atoms with Gasteiger partial charge in [0.15, 0.2) is 0 Å². The highest BCUT2D eigenvalue weighted by molar-refractivity contribution is 4.78. The second kappa shape index (κ2) is 8.16. The van der Waals surface area contributed by atoms with Crippen LogP contribution < -0.4 is 5.32 Å². The Morgan fingerprint density at radius 3 is 2.00 bits per heavy atom. The summed E-state index contributed by atoms with van der Waals surface area (Å²) in [6.07, 6.45) is 2.61. The molecule has 0 aromatic rings. The van der Waals surface area contributed by atoms with Crippen molar-refractivity contribution in [3.8, 4) is 0 Å². The highest BCUT2D eigenvalue weighted by Crippen LogP contribution is 2.22. The summed E-state index contributed by atoms with van der Waals surface area (Å²) in [5.74, 6) is 0.817. The summed E-state index contributed by atoms with van der Waals surface area (Å²) in [6.45, 7) is 18.4. The lowest BCUT2D eigenvalue weighted by Gasteiger charge is -2.35. The van der Waals surface area contributed by atoms with Crippen molar-refractivity contribution in [3.63, 3.8) is 0 Å². The van der Waals surface area contributed by atoms with Crippen molar-refractivity contribution >= 4 is 0 Å². The van der Waals surface area contributed by atoms with Crippen LogP contribution in [0.4, 0.5) is 0 Å². The SMILES string of the molecule is CC(C)CCC(C)NCCN(C)C(C)C(C)(C)C. The molecular formula is C16H36N2. The molecule has 2 atom stereocenters. The first-order chi connectivity index (χ1) is 8.14. The van der Waals surface area contributed by atoms with Crippen LogP contribution in [0.15, 0.2) is 0 Å². The van der Waals surface area contributed by atoms with Crippen molar-refractivity contribution in [2.24, 2.45) is 11.3 Å². The molecule has 0 aliphatic heterocycles. The summed E-state index contributed by atoms with van der Waals surface area (Å²) >= 11 is 0. The third-order valence-electron chi connectivity index (χ3n) is 4.05. The minimum Gasteiger partial charge on any atom is -0.313 e. The van der Waals surface area contributed by atoms with E-state index in [0.717, 1.165) is 19.0 Å². The predicted octanol–water partition coefficient (Wildman–Crippen LogP) is 3.77. The first kappa shape index (κ1) is 17.9. The Balaban J connectivity index is 3.77. The van der Waals surface area contributed by atoms with E-state index in [4.69, 9.17) is 0 Å².